The molecule has 1 heterocycles. The van der Waals surface area contributed by atoms with Crippen molar-refractivity contribution in [2.24, 2.45) is 0 Å². The summed E-state index contributed by atoms with van der Waals surface area (Å²) in [7, 11) is 4.24. The van der Waals surface area contributed by atoms with Gasteiger partial charge in [0.25, 0.3) is 0 Å². The van der Waals surface area contributed by atoms with E-state index >= 15 is 0 Å². The van der Waals surface area contributed by atoms with Gasteiger partial charge in [-0.05, 0) is 32.5 Å². The fraction of sp³-hybridized carbons (Fsp3) is 0.533. The van der Waals surface area contributed by atoms with Gasteiger partial charge in [0.2, 0.25) is 0 Å². The normalized spacial score (nSPS) is 20.4. The predicted octanol–water partition coefficient (Wildman–Crippen LogP) is 1.76. The largest absolute Gasteiger partial charge is 0.478 e. The first-order valence-corrected chi connectivity index (χ1v) is 8.28. The van der Waals surface area contributed by atoms with Gasteiger partial charge in [-0.3, -0.25) is 4.90 Å². The van der Waals surface area contributed by atoms with E-state index in [-0.39, 0.29) is 0 Å². The number of carboxylic acids is 1. The fourth-order valence-electron chi connectivity index (χ4n) is 2.62. The summed E-state index contributed by atoms with van der Waals surface area (Å²) in [6, 6.07) is 5.98. The van der Waals surface area contributed by atoms with Crippen molar-refractivity contribution in [3.8, 4) is 0 Å². The lowest BCUT2D eigenvalue weighted by Crippen LogP contribution is -2.52. The molecule has 5 nitrogen and oxygen atoms in total. The summed E-state index contributed by atoms with van der Waals surface area (Å²) >= 11 is 1.46. The second-order valence-corrected chi connectivity index (χ2v) is 6.31. The molecule has 0 radical (unpaired) electrons. The number of carboxylic acid groups (broad SMARTS) is 1. The molecule has 6 heteroatoms. The molecule has 1 fully saturated rings. The lowest BCUT2D eigenvalue weighted by Gasteiger charge is -2.38. The Morgan fingerprint density at radius 2 is 2.19 bits per heavy atom. The SMILES string of the molecule is CSc1cccc(NCC2CN(C)CCN2C)c1C(=O)O. The molecule has 1 atom stereocenters. The zero-order chi connectivity index (χ0) is 15.4. The molecule has 116 valence electrons. The van der Waals surface area contributed by atoms with Gasteiger partial charge in [0.15, 0.2) is 0 Å². The predicted molar refractivity (Wildman–Crippen MR) is 87.6 cm³/mol. The number of nitrogens with one attached hydrogen (secondary N) is 1. The highest BCUT2D eigenvalue weighted by Gasteiger charge is 2.23. The minimum atomic E-state index is -0.878. The molecule has 1 aliphatic rings. The van der Waals surface area contributed by atoms with Crippen LogP contribution in [-0.2, 0) is 0 Å². The molecular weight excluding hydrogens is 286 g/mol. The molecule has 21 heavy (non-hydrogen) atoms. The van der Waals surface area contributed by atoms with E-state index in [9.17, 15) is 9.90 Å². The molecule has 1 aromatic rings. The van der Waals surface area contributed by atoms with Gasteiger partial charge in [0.05, 0.1) is 5.56 Å². The molecule has 0 saturated carbocycles. The standard InChI is InChI=1S/C15H23N3O2S/c1-17-7-8-18(2)11(10-17)9-16-12-5-4-6-13(21-3)14(12)15(19)20/h4-6,11,16H,7-10H2,1-3H3,(H,19,20). The Balaban J connectivity index is 2.11. The number of likely N-dealkylation sites (N-methyl/N-ethyl adjacent to an activating group) is 2. The summed E-state index contributed by atoms with van der Waals surface area (Å²) in [5.74, 6) is -0.878. The summed E-state index contributed by atoms with van der Waals surface area (Å²) in [5, 5.41) is 12.8. The topological polar surface area (TPSA) is 55.8 Å². The summed E-state index contributed by atoms with van der Waals surface area (Å²) in [6.45, 7) is 3.86. The number of anilines is 1. The molecule has 0 aliphatic carbocycles. The summed E-state index contributed by atoms with van der Waals surface area (Å²) < 4.78 is 0. The van der Waals surface area contributed by atoms with Crippen molar-refractivity contribution in [1.82, 2.24) is 9.80 Å². The maximum Gasteiger partial charge on any atom is 0.338 e. The van der Waals surface area contributed by atoms with Crippen LogP contribution in [-0.4, -0.2) is 73.4 Å². The molecule has 1 aromatic carbocycles. The van der Waals surface area contributed by atoms with E-state index in [0.717, 1.165) is 31.1 Å². The molecular formula is C15H23N3O2S. The van der Waals surface area contributed by atoms with Gasteiger partial charge in [0, 0.05) is 42.8 Å². The van der Waals surface area contributed by atoms with Gasteiger partial charge < -0.3 is 15.3 Å². The van der Waals surface area contributed by atoms with E-state index in [2.05, 4.69) is 29.2 Å². The van der Waals surface area contributed by atoms with Crippen molar-refractivity contribution >= 4 is 23.4 Å². The Labute approximate surface area is 130 Å². The van der Waals surface area contributed by atoms with Crippen molar-refractivity contribution in [2.75, 3.05) is 51.8 Å². The Hall–Kier alpha value is -1.24. The van der Waals surface area contributed by atoms with Crippen LogP contribution in [0, 0.1) is 0 Å². The van der Waals surface area contributed by atoms with E-state index in [1.807, 2.05) is 24.5 Å². The number of thioether (sulfide) groups is 1. The molecule has 0 bridgehead atoms. The van der Waals surface area contributed by atoms with Gasteiger partial charge in [-0.25, -0.2) is 4.79 Å². The highest BCUT2D eigenvalue weighted by Crippen LogP contribution is 2.27. The highest BCUT2D eigenvalue weighted by molar-refractivity contribution is 7.98. The maximum absolute atomic E-state index is 11.5. The van der Waals surface area contributed by atoms with Crippen LogP contribution in [0.3, 0.4) is 0 Å². The van der Waals surface area contributed by atoms with Crippen molar-refractivity contribution in [2.45, 2.75) is 10.9 Å². The molecule has 0 amide bonds. The first-order valence-electron chi connectivity index (χ1n) is 7.06. The van der Waals surface area contributed by atoms with Gasteiger partial charge in [0.1, 0.15) is 0 Å². The van der Waals surface area contributed by atoms with E-state index in [1.165, 1.54) is 11.8 Å². The molecule has 1 unspecified atom stereocenters. The number of nitrogens with zero attached hydrogens (tertiary/aromatic N) is 2. The second kappa shape index (κ2) is 7.15. The van der Waals surface area contributed by atoms with E-state index in [0.29, 0.717) is 17.3 Å². The smallest absolute Gasteiger partial charge is 0.338 e. The van der Waals surface area contributed by atoms with Crippen LogP contribution in [0.5, 0.6) is 0 Å². The zero-order valence-corrected chi connectivity index (χ0v) is 13.6. The van der Waals surface area contributed by atoms with Crippen LogP contribution in [0.4, 0.5) is 5.69 Å². The number of benzene rings is 1. The molecule has 1 aliphatic heterocycles. The summed E-state index contributed by atoms with van der Waals surface area (Å²) in [6.07, 6.45) is 1.90. The Bertz CT molecular complexity index is 510. The minimum absolute atomic E-state index is 0.372. The summed E-state index contributed by atoms with van der Waals surface area (Å²) in [4.78, 5) is 16.9. The van der Waals surface area contributed by atoms with Gasteiger partial charge in [-0.15, -0.1) is 11.8 Å². The highest BCUT2D eigenvalue weighted by atomic mass is 32.2. The Kier molecular flexibility index (Phi) is 5.50. The van der Waals surface area contributed by atoms with Crippen LogP contribution >= 0.6 is 11.8 Å². The first kappa shape index (κ1) is 16.1. The van der Waals surface area contributed by atoms with Crippen molar-refractivity contribution in [3.05, 3.63) is 23.8 Å². The van der Waals surface area contributed by atoms with Crippen LogP contribution in [0.15, 0.2) is 23.1 Å². The third kappa shape index (κ3) is 3.90. The number of aromatic carboxylic acids is 1. The van der Waals surface area contributed by atoms with Crippen LogP contribution in [0.2, 0.25) is 0 Å². The average molecular weight is 309 g/mol. The quantitative estimate of drug-likeness (QED) is 0.809. The van der Waals surface area contributed by atoms with E-state index < -0.39 is 5.97 Å². The third-order valence-electron chi connectivity index (χ3n) is 3.97. The van der Waals surface area contributed by atoms with Gasteiger partial charge in [-0.2, -0.15) is 0 Å². The molecule has 1 saturated heterocycles. The number of hydrogen-bond acceptors (Lipinski definition) is 5. The average Bonchev–Trinajstić information content (AvgIpc) is 2.47. The van der Waals surface area contributed by atoms with E-state index in [4.69, 9.17) is 0 Å². The van der Waals surface area contributed by atoms with Gasteiger partial charge in [-0.1, -0.05) is 6.07 Å². The molecule has 2 rings (SSSR count). The Morgan fingerprint density at radius 3 is 2.86 bits per heavy atom. The van der Waals surface area contributed by atoms with E-state index in [1.54, 1.807) is 0 Å². The fourth-order valence-corrected chi connectivity index (χ4v) is 3.23. The van der Waals surface area contributed by atoms with Crippen LogP contribution < -0.4 is 5.32 Å². The number of piperazine rings is 1. The number of carbonyl (C=O) groups is 1. The lowest BCUT2D eigenvalue weighted by atomic mass is 10.1. The maximum atomic E-state index is 11.5. The monoisotopic (exact) mass is 309 g/mol. The van der Waals surface area contributed by atoms with Crippen LogP contribution in [0.25, 0.3) is 0 Å². The molecule has 2 N–H and O–H groups in total. The summed E-state index contributed by atoms with van der Waals surface area (Å²) in [5.41, 5.74) is 1.08. The number of hydrogen-bond donors (Lipinski definition) is 2. The van der Waals surface area contributed by atoms with Crippen molar-refractivity contribution in [1.29, 1.82) is 0 Å². The van der Waals surface area contributed by atoms with Crippen molar-refractivity contribution in [3.63, 3.8) is 0 Å². The van der Waals surface area contributed by atoms with Crippen LogP contribution in [0.1, 0.15) is 10.4 Å². The lowest BCUT2D eigenvalue weighted by molar-refractivity contribution is 0.0694. The third-order valence-corrected chi connectivity index (χ3v) is 4.75. The second-order valence-electron chi connectivity index (χ2n) is 5.47. The zero-order valence-electron chi connectivity index (χ0n) is 12.8. The van der Waals surface area contributed by atoms with Gasteiger partial charge >= 0.3 is 5.97 Å². The Morgan fingerprint density at radius 1 is 1.43 bits per heavy atom. The minimum Gasteiger partial charge on any atom is -0.478 e. The molecule has 0 spiro atoms. The first-order chi connectivity index (χ1) is 10.0. The van der Waals surface area contributed by atoms with Crippen molar-refractivity contribution < 1.29 is 9.90 Å². The number of rotatable bonds is 5. The molecule has 0 aromatic heterocycles.